The number of thiophene rings is 1. The molecule has 1 fully saturated rings. The molecule has 4 aromatic rings. The van der Waals surface area contributed by atoms with Gasteiger partial charge in [-0.3, -0.25) is 4.79 Å². The zero-order valence-electron chi connectivity index (χ0n) is 17.1. The summed E-state index contributed by atoms with van der Waals surface area (Å²) < 4.78 is 5.82. The molecule has 2 aromatic carbocycles. The number of rotatable bonds is 3. The van der Waals surface area contributed by atoms with Crippen molar-refractivity contribution in [2.24, 2.45) is 5.92 Å². The number of hydrogen-bond acceptors (Lipinski definition) is 6. The van der Waals surface area contributed by atoms with Gasteiger partial charge in [0.25, 0.3) is 0 Å². The maximum Gasteiger partial charge on any atom is 0.314 e. The van der Waals surface area contributed by atoms with Gasteiger partial charge in [-0.2, -0.15) is 0 Å². The maximum atomic E-state index is 12.9. The molecule has 0 saturated carbocycles. The number of hydrogen-bond donors (Lipinski definition) is 0. The van der Waals surface area contributed by atoms with Crippen LogP contribution in [-0.2, 0) is 4.79 Å². The van der Waals surface area contributed by atoms with Crippen LogP contribution in [0.2, 0.25) is 0 Å². The minimum absolute atomic E-state index is 0.0946. The third-order valence-electron chi connectivity index (χ3n) is 6.03. The first-order chi connectivity index (χ1) is 14.6. The number of nitrogens with zero attached hydrogens (tertiary/aromatic N) is 3. The highest BCUT2D eigenvalue weighted by Gasteiger charge is 2.29. The number of piperidine rings is 1. The van der Waals surface area contributed by atoms with Crippen molar-refractivity contribution in [3.05, 3.63) is 59.2 Å². The minimum Gasteiger partial charge on any atom is -0.426 e. The molecule has 0 bridgehead atoms. The Hall–Kier alpha value is -2.99. The first-order valence-electron chi connectivity index (χ1n) is 10.3. The number of carbonyl (C=O) groups is 1. The number of anilines is 1. The van der Waals surface area contributed by atoms with Crippen molar-refractivity contribution in [1.82, 2.24) is 9.97 Å². The third kappa shape index (κ3) is 3.31. The fourth-order valence-corrected chi connectivity index (χ4v) is 5.20. The molecule has 0 N–H and O–H groups in total. The molecule has 0 radical (unpaired) electrons. The van der Waals surface area contributed by atoms with E-state index in [-0.39, 0.29) is 11.9 Å². The predicted octanol–water partition coefficient (Wildman–Crippen LogP) is 5.28. The van der Waals surface area contributed by atoms with Gasteiger partial charge < -0.3 is 9.64 Å². The van der Waals surface area contributed by atoms with Crippen molar-refractivity contribution in [1.29, 1.82) is 0 Å². The molecule has 30 heavy (non-hydrogen) atoms. The molecule has 6 heteroatoms. The lowest BCUT2D eigenvalue weighted by Crippen LogP contribution is -2.38. The van der Waals surface area contributed by atoms with Crippen LogP contribution in [0.15, 0.2) is 48.8 Å². The van der Waals surface area contributed by atoms with Crippen LogP contribution in [0.1, 0.15) is 23.3 Å². The van der Waals surface area contributed by atoms with E-state index in [0.29, 0.717) is 5.75 Å². The summed E-state index contributed by atoms with van der Waals surface area (Å²) in [6.07, 6.45) is 3.17. The Balaban J connectivity index is 1.31. The zero-order valence-corrected chi connectivity index (χ0v) is 17.9. The van der Waals surface area contributed by atoms with E-state index >= 15 is 0 Å². The van der Waals surface area contributed by atoms with Crippen LogP contribution in [0.25, 0.3) is 21.0 Å². The van der Waals surface area contributed by atoms with Crippen LogP contribution in [-0.4, -0.2) is 29.0 Å². The van der Waals surface area contributed by atoms with Gasteiger partial charge in [-0.1, -0.05) is 36.4 Å². The van der Waals surface area contributed by atoms with E-state index in [4.69, 9.17) is 4.74 Å². The molecule has 1 aliphatic heterocycles. The first kappa shape index (κ1) is 19.0. The molecule has 0 amide bonds. The Bertz CT molecular complexity index is 1240. The van der Waals surface area contributed by atoms with Crippen molar-refractivity contribution in [3.63, 3.8) is 0 Å². The second kappa shape index (κ2) is 7.69. The monoisotopic (exact) mass is 417 g/mol. The molecule has 0 spiro atoms. The minimum atomic E-state index is -0.138. The van der Waals surface area contributed by atoms with Crippen LogP contribution in [0, 0.1) is 19.8 Å². The van der Waals surface area contributed by atoms with Crippen molar-refractivity contribution in [2.45, 2.75) is 26.7 Å². The molecule has 0 atom stereocenters. The number of carbonyl (C=O) groups excluding carboxylic acids is 1. The van der Waals surface area contributed by atoms with Crippen LogP contribution < -0.4 is 9.64 Å². The standard InChI is InChI=1S/C24H23N3O2S/c1-15-16(2)30-23-21(15)22(25-14-26-23)27-12-10-18(11-13-27)24(28)29-20-9-5-7-17-6-3-4-8-19(17)20/h3-9,14,18H,10-13H2,1-2H3. The van der Waals surface area contributed by atoms with E-state index in [0.717, 1.165) is 52.7 Å². The van der Waals surface area contributed by atoms with Gasteiger partial charge in [-0.05, 0) is 43.7 Å². The lowest BCUT2D eigenvalue weighted by molar-refractivity contribution is -0.139. The quantitative estimate of drug-likeness (QED) is 0.335. The van der Waals surface area contributed by atoms with E-state index < -0.39 is 0 Å². The smallest absolute Gasteiger partial charge is 0.314 e. The first-order valence-corrected chi connectivity index (χ1v) is 11.1. The van der Waals surface area contributed by atoms with Gasteiger partial charge in [0.15, 0.2) is 0 Å². The van der Waals surface area contributed by atoms with Crippen molar-refractivity contribution in [2.75, 3.05) is 18.0 Å². The largest absolute Gasteiger partial charge is 0.426 e. The number of fused-ring (bicyclic) bond motifs is 2. The molecule has 0 unspecified atom stereocenters. The molecule has 1 saturated heterocycles. The Kier molecular flexibility index (Phi) is 4.87. The summed E-state index contributed by atoms with van der Waals surface area (Å²) in [7, 11) is 0. The number of aromatic nitrogens is 2. The Morgan fingerprint density at radius 3 is 2.67 bits per heavy atom. The highest BCUT2D eigenvalue weighted by atomic mass is 32.1. The van der Waals surface area contributed by atoms with E-state index in [1.807, 2.05) is 42.5 Å². The summed E-state index contributed by atoms with van der Waals surface area (Å²) in [5, 5.41) is 3.20. The van der Waals surface area contributed by atoms with Crippen LogP contribution in [0.5, 0.6) is 5.75 Å². The highest BCUT2D eigenvalue weighted by Crippen LogP contribution is 2.36. The average molecular weight is 418 g/mol. The number of benzene rings is 2. The second-order valence-corrected chi connectivity index (χ2v) is 9.02. The SMILES string of the molecule is Cc1sc2ncnc(N3CCC(C(=O)Oc4cccc5ccccc45)CC3)c2c1C. The average Bonchev–Trinajstić information content (AvgIpc) is 3.08. The topological polar surface area (TPSA) is 55.3 Å². The highest BCUT2D eigenvalue weighted by molar-refractivity contribution is 7.18. The van der Waals surface area contributed by atoms with Crippen LogP contribution in [0.3, 0.4) is 0 Å². The van der Waals surface area contributed by atoms with Gasteiger partial charge >= 0.3 is 5.97 Å². The number of ether oxygens (including phenoxy) is 1. The van der Waals surface area contributed by atoms with Gasteiger partial charge in [-0.15, -0.1) is 11.3 Å². The van der Waals surface area contributed by atoms with Gasteiger partial charge in [-0.25, -0.2) is 9.97 Å². The molecule has 0 aliphatic carbocycles. The van der Waals surface area contributed by atoms with E-state index in [1.165, 1.54) is 10.4 Å². The molecular formula is C24H23N3O2S. The van der Waals surface area contributed by atoms with Crippen LogP contribution >= 0.6 is 11.3 Å². The van der Waals surface area contributed by atoms with Gasteiger partial charge in [0.05, 0.1) is 11.3 Å². The summed E-state index contributed by atoms with van der Waals surface area (Å²) >= 11 is 1.71. The summed E-state index contributed by atoms with van der Waals surface area (Å²) in [6.45, 7) is 5.84. The van der Waals surface area contributed by atoms with Gasteiger partial charge in [0.2, 0.25) is 0 Å². The fraction of sp³-hybridized carbons (Fsp3) is 0.292. The summed E-state index contributed by atoms with van der Waals surface area (Å²) in [4.78, 5) is 26.5. The number of aryl methyl sites for hydroxylation is 2. The number of esters is 1. The second-order valence-electron chi connectivity index (χ2n) is 7.82. The molecule has 5 nitrogen and oxygen atoms in total. The summed E-state index contributed by atoms with van der Waals surface area (Å²) in [6, 6.07) is 13.8. The summed E-state index contributed by atoms with van der Waals surface area (Å²) in [5.41, 5.74) is 1.25. The van der Waals surface area contributed by atoms with Gasteiger partial charge in [0, 0.05) is 23.4 Å². The molecule has 3 heterocycles. The van der Waals surface area contributed by atoms with E-state index in [9.17, 15) is 4.79 Å². The zero-order chi connectivity index (χ0) is 20.7. The molecule has 5 rings (SSSR count). The van der Waals surface area contributed by atoms with Crippen molar-refractivity contribution in [3.8, 4) is 5.75 Å². The molecule has 1 aliphatic rings. The molecular weight excluding hydrogens is 394 g/mol. The fourth-order valence-electron chi connectivity index (χ4n) is 4.21. The van der Waals surface area contributed by atoms with E-state index in [2.05, 4.69) is 28.7 Å². The third-order valence-corrected chi connectivity index (χ3v) is 7.15. The Morgan fingerprint density at radius 1 is 1.07 bits per heavy atom. The lowest BCUT2D eigenvalue weighted by atomic mass is 9.96. The van der Waals surface area contributed by atoms with E-state index in [1.54, 1.807) is 17.7 Å². The van der Waals surface area contributed by atoms with Crippen LogP contribution in [0.4, 0.5) is 5.82 Å². The normalized spacial score (nSPS) is 15.1. The Morgan fingerprint density at radius 2 is 1.83 bits per heavy atom. The molecule has 2 aromatic heterocycles. The lowest BCUT2D eigenvalue weighted by Gasteiger charge is -2.32. The molecule has 152 valence electrons. The maximum absolute atomic E-state index is 12.9. The predicted molar refractivity (Wildman–Crippen MR) is 121 cm³/mol. The van der Waals surface area contributed by atoms with Crippen molar-refractivity contribution < 1.29 is 9.53 Å². The Labute approximate surface area is 179 Å². The van der Waals surface area contributed by atoms with Gasteiger partial charge in [0.1, 0.15) is 22.7 Å². The van der Waals surface area contributed by atoms with Crippen molar-refractivity contribution >= 4 is 44.1 Å². The summed E-state index contributed by atoms with van der Waals surface area (Å²) in [5.74, 6) is 1.40.